The molecule has 62 valence electrons. The van der Waals surface area contributed by atoms with Crippen molar-refractivity contribution in [3.63, 3.8) is 0 Å². The van der Waals surface area contributed by atoms with Crippen LogP contribution in [-0.4, -0.2) is 0 Å². The maximum atomic E-state index is 5.77. The van der Waals surface area contributed by atoms with Crippen molar-refractivity contribution in [2.24, 2.45) is 0 Å². The predicted octanol–water partition coefficient (Wildman–Crippen LogP) is 2.83. The lowest BCUT2D eigenvalue weighted by molar-refractivity contribution is 1.76. The van der Waals surface area contributed by atoms with Crippen molar-refractivity contribution >= 4 is 48.0 Å². The Morgan fingerprint density at radius 1 is 1.25 bits per heavy atom. The fourth-order valence-corrected chi connectivity index (χ4v) is 2.58. The molecule has 0 atom stereocenters. The van der Waals surface area contributed by atoms with Crippen LogP contribution in [0, 0.1) is 0 Å². The molecule has 0 saturated heterocycles. The zero-order valence-corrected chi connectivity index (χ0v) is 8.58. The quantitative estimate of drug-likeness (QED) is 0.699. The monoisotopic (exact) mass is 242 g/mol. The van der Waals surface area contributed by atoms with E-state index in [9.17, 15) is 0 Å². The number of nitrogens with two attached hydrogens (primary N) is 2. The summed E-state index contributed by atoms with van der Waals surface area (Å²) in [6, 6.07) is 5.71. The van der Waals surface area contributed by atoms with Crippen LogP contribution in [0.25, 0.3) is 10.1 Å². The van der Waals surface area contributed by atoms with Crippen molar-refractivity contribution in [2.75, 3.05) is 11.5 Å². The Hall–Kier alpha value is -0.740. The number of nitrogen functional groups attached to an aromatic ring is 2. The average Bonchev–Trinajstić information content (AvgIpc) is 2.41. The van der Waals surface area contributed by atoms with Crippen molar-refractivity contribution in [3.05, 3.63) is 22.7 Å². The Balaban J connectivity index is 2.93. The Morgan fingerprint density at radius 3 is 2.67 bits per heavy atom. The molecular formula is C8H7BrN2S. The Kier molecular flexibility index (Phi) is 1.73. The molecule has 0 fully saturated rings. The second-order valence-electron chi connectivity index (χ2n) is 2.53. The molecule has 0 aliphatic rings. The predicted molar refractivity (Wildman–Crippen MR) is 58.3 cm³/mol. The van der Waals surface area contributed by atoms with Crippen molar-refractivity contribution < 1.29 is 0 Å². The number of hydrogen-bond acceptors (Lipinski definition) is 3. The number of anilines is 2. The standard InChI is InChI=1S/C8H7BrN2S/c9-5-1-2-6(10)4-3-7(11)12-8(4)5/h1-3H,10-11H2. The molecule has 0 unspecified atom stereocenters. The molecule has 0 radical (unpaired) electrons. The fourth-order valence-electron chi connectivity index (χ4n) is 1.13. The van der Waals surface area contributed by atoms with Gasteiger partial charge >= 0.3 is 0 Å². The summed E-state index contributed by atoms with van der Waals surface area (Å²) in [7, 11) is 0. The van der Waals surface area contributed by atoms with Gasteiger partial charge in [-0.15, -0.1) is 11.3 Å². The van der Waals surface area contributed by atoms with E-state index < -0.39 is 0 Å². The van der Waals surface area contributed by atoms with Gasteiger partial charge < -0.3 is 11.5 Å². The van der Waals surface area contributed by atoms with Crippen LogP contribution in [0.5, 0.6) is 0 Å². The maximum Gasteiger partial charge on any atom is 0.0870 e. The van der Waals surface area contributed by atoms with E-state index in [4.69, 9.17) is 11.5 Å². The smallest absolute Gasteiger partial charge is 0.0870 e. The first-order chi connectivity index (χ1) is 5.68. The van der Waals surface area contributed by atoms with Gasteiger partial charge in [0.25, 0.3) is 0 Å². The normalized spacial score (nSPS) is 10.8. The summed E-state index contributed by atoms with van der Waals surface area (Å²) in [5.74, 6) is 0. The second kappa shape index (κ2) is 2.64. The fraction of sp³-hybridized carbons (Fsp3) is 0. The zero-order chi connectivity index (χ0) is 8.72. The first-order valence-electron chi connectivity index (χ1n) is 3.41. The van der Waals surface area contributed by atoms with Crippen LogP contribution in [0.3, 0.4) is 0 Å². The van der Waals surface area contributed by atoms with E-state index in [1.807, 2.05) is 18.2 Å². The molecule has 2 aromatic rings. The van der Waals surface area contributed by atoms with Crippen molar-refractivity contribution in [3.8, 4) is 0 Å². The van der Waals surface area contributed by atoms with Gasteiger partial charge in [-0.3, -0.25) is 0 Å². The maximum absolute atomic E-state index is 5.77. The lowest BCUT2D eigenvalue weighted by atomic mass is 10.2. The molecule has 2 nitrogen and oxygen atoms in total. The molecule has 0 amide bonds. The first kappa shape index (κ1) is 7.89. The second-order valence-corrected chi connectivity index (χ2v) is 4.47. The first-order valence-corrected chi connectivity index (χ1v) is 5.02. The topological polar surface area (TPSA) is 52.0 Å². The highest BCUT2D eigenvalue weighted by molar-refractivity contribution is 9.10. The molecule has 2 rings (SSSR count). The van der Waals surface area contributed by atoms with Crippen LogP contribution < -0.4 is 11.5 Å². The average molecular weight is 243 g/mol. The van der Waals surface area contributed by atoms with Gasteiger partial charge in [-0.1, -0.05) is 0 Å². The van der Waals surface area contributed by atoms with E-state index in [-0.39, 0.29) is 0 Å². The van der Waals surface area contributed by atoms with Gasteiger partial charge in [-0.05, 0) is 34.1 Å². The van der Waals surface area contributed by atoms with E-state index in [1.54, 1.807) is 11.3 Å². The lowest BCUT2D eigenvalue weighted by Gasteiger charge is -1.96. The van der Waals surface area contributed by atoms with Crippen LogP contribution in [0.1, 0.15) is 0 Å². The minimum Gasteiger partial charge on any atom is -0.398 e. The summed E-state index contributed by atoms with van der Waals surface area (Å²) < 4.78 is 2.17. The molecule has 0 bridgehead atoms. The summed E-state index contributed by atoms with van der Waals surface area (Å²) >= 11 is 4.99. The van der Waals surface area contributed by atoms with Crippen molar-refractivity contribution in [2.45, 2.75) is 0 Å². The van der Waals surface area contributed by atoms with Crippen molar-refractivity contribution in [1.29, 1.82) is 0 Å². The molecule has 1 aromatic carbocycles. The van der Waals surface area contributed by atoms with E-state index in [0.29, 0.717) is 0 Å². The number of rotatable bonds is 0. The van der Waals surface area contributed by atoms with Gasteiger partial charge in [0.15, 0.2) is 0 Å². The van der Waals surface area contributed by atoms with E-state index in [0.717, 1.165) is 25.2 Å². The minimum atomic E-state index is 0.779. The summed E-state index contributed by atoms with van der Waals surface area (Å²) in [5, 5.41) is 1.83. The van der Waals surface area contributed by atoms with Crippen LogP contribution >= 0.6 is 27.3 Å². The number of benzene rings is 1. The summed E-state index contributed by atoms with van der Waals surface area (Å²) in [4.78, 5) is 0. The molecular weight excluding hydrogens is 236 g/mol. The summed E-state index contributed by atoms with van der Waals surface area (Å²) in [6.45, 7) is 0. The third kappa shape index (κ3) is 1.07. The molecule has 4 heteroatoms. The molecule has 0 saturated carbocycles. The van der Waals surface area contributed by atoms with Gasteiger partial charge in [0.1, 0.15) is 0 Å². The van der Waals surface area contributed by atoms with Gasteiger partial charge in [-0.2, -0.15) is 0 Å². The van der Waals surface area contributed by atoms with Gasteiger partial charge in [-0.25, -0.2) is 0 Å². The van der Waals surface area contributed by atoms with E-state index >= 15 is 0 Å². The molecule has 0 spiro atoms. The lowest BCUT2D eigenvalue weighted by Crippen LogP contribution is -1.83. The molecule has 0 aliphatic carbocycles. The summed E-state index contributed by atoms with van der Waals surface area (Å²) in [5.41, 5.74) is 12.2. The number of hydrogen-bond donors (Lipinski definition) is 2. The van der Waals surface area contributed by atoms with Crippen LogP contribution in [0.4, 0.5) is 10.7 Å². The molecule has 12 heavy (non-hydrogen) atoms. The van der Waals surface area contributed by atoms with Gasteiger partial charge in [0, 0.05) is 15.5 Å². The molecule has 4 N–H and O–H groups in total. The Bertz CT molecular complexity index is 397. The third-order valence-electron chi connectivity index (χ3n) is 1.69. The third-order valence-corrected chi connectivity index (χ3v) is 3.61. The molecule has 1 aromatic heterocycles. The largest absolute Gasteiger partial charge is 0.398 e. The molecule has 1 heterocycles. The van der Waals surface area contributed by atoms with E-state index in [2.05, 4.69) is 15.9 Å². The Labute approximate surface area is 82.3 Å². The van der Waals surface area contributed by atoms with Crippen LogP contribution in [0.2, 0.25) is 0 Å². The SMILES string of the molecule is Nc1cc2c(N)ccc(Br)c2s1. The van der Waals surface area contributed by atoms with Crippen LogP contribution in [0.15, 0.2) is 22.7 Å². The molecule has 0 aliphatic heterocycles. The highest BCUT2D eigenvalue weighted by Gasteiger charge is 2.05. The van der Waals surface area contributed by atoms with Crippen LogP contribution in [-0.2, 0) is 0 Å². The van der Waals surface area contributed by atoms with Crippen molar-refractivity contribution in [1.82, 2.24) is 0 Å². The van der Waals surface area contributed by atoms with Gasteiger partial charge in [0.2, 0.25) is 0 Å². The number of thiophene rings is 1. The van der Waals surface area contributed by atoms with Gasteiger partial charge in [0.05, 0.1) is 9.70 Å². The Morgan fingerprint density at radius 2 is 2.00 bits per heavy atom. The van der Waals surface area contributed by atoms with E-state index in [1.165, 1.54) is 0 Å². The zero-order valence-electron chi connectivity index (χ0n) is 6.17. The number of fused-ring (bicyclic) bond motifs is 1. The highest BCUT2D eigenvalue weighted by atomic mass is 79.9. The minimum absolute atomic E-state index is 0.779. The summed E-state index contributed by atoms with van der Waals surface area (Å²) in [6.07, 6.45) is 0. The number of halogens is 1. The highest BCUT2D eigenvalue weighted by Crippen LogP contribution is 2.36.